The summed E-state index contributed by atoms with van der Waals surface area (Å²) in [5.41, 5.74) is -0.642. The van der Waals surface area contributed by atoms with Crippen molar-refractivity contribution in [1.82, 2.24) is 9.97 Å². The van der Waals surface area contributed by atoms with Gasteiger partial charge in [-0.15, -0.1) is 0 Å². The number of carboxylic acids is 1. The van der Waals surface area contributed by atoms with Gasteiger partial charge >= 0.3 is 12.1 Å². The summed E-state index contributed by atoms with van der Waals surface area (Å²) in [5.74, 6) is -1.20. The number of pyridine rings is 2. The monoisotopic (exact) mass is 390 g/mol. The number of H-pyrrole nitrogens is 2. The molecule has 0 spiro atoms. The van der Waals surface area contributed by atoms with Crippen LogP contribution in [0.5, 0.6) is 0 Å². The summed E-state index contributed by atoms with van der Waals surface area (Å²) < 4.78 is 36.4. The summed E-state index contributed by atoms with van der Waals surface area (Å²) in [7, 11) is 0. The van der Waals surface area contributed by atoms with Crippen LogP contribution in [-0.4, -0.2) is 21.0 Å². The molecule has 3 N–H and O–H groups in total. The minimum absolute atomic E-state index is 0. The normalized spacial score (nSPS) is 10.0. The van der Waals surface area contributed by atoms with Crippen molar-refractivity contribution in [1.29, 1.82) is 0 Å². The van der Waals surface area contributed by atoms with Crippen molar-refractivity contribution in [2.75, 3.05) is 0 Å². The van der Waals surface area contributed by atoms with E-state index in [2.05, 4.69) is 9.97 Å². The van der Waals surface area contributed by atoms with Crippen molar-refractivity contribution < 1.29 is 23.1 Å². The van der Waals surface area contributed by atoms with E-state index in [0.29, 0.717) is 17.0 Å². The molecule has 0 aromatic carbocycles. The number of hydrogen-bond donors (Lipinski definition) is 3. The number of aromatic carboxylic acids is 1. The van der Waals surface area contributed by atoms with E-state index in [-0.39, 0.29) is 20.4 Å². The van der Waals surface area contributed by atoms with Gasteiger partial charge in [-0.1, -0.05) is 14.9 Å². The Bertz CT molecular complexity index is 912. The van der Waals surface area contributed by atoms with E-state index in [1.807, 2.05) is 0 Å². The fourth-order valence-electron chi connectivity index (χ4n) is 1.82. The second-order valence-electron chi connectivity index (χ2n) is 5.44. The molecule has 0 aliphatic carbocycles. The number of carbonyl (C=O) groups is 1. The highest BCUT2D eigenvalue weighted by atomic mass is 19.4. The average Bonchev–Trinajstić information content (AvgIpc) is 2.46. The summed E-state index contributed by atoms with van der Waals surface area (Å²) >= 11 is 0. The number of aromatic amines is 2. The zero-order valence-corrected chi connectivity index (χ0v) is 14.0. The van der Waals surface area contributed by atoms with Crippen LogP contribution in [0.3, 0.4) is 0 Å². The van der Waals surface area contributed by atoms with E-state index in [0.717, 1.165) is 11.6 Å². The lowest BCUT2D eigenvalue weighted by Gasteiger charge is -2.07. The van der Waals surface area contributed by atoms with E-state index >= 15 is 0 Å². The number of alkyl halides is 3. The molecular weight excluding hydrogens is 365 g/mol. The van der Waals surface area contributed by atoms with Crippen LogP contribution in [0, 0.1) is 27.7 Å². The first-order valence-corrected chi connectivity index (χ1v) is 7.06. The van der Waals surface area contributed by atoms with Crippen LogP contribution in [0.4, 0.5) is 13.2 Å². The molecule has 0 amide bonds. The quantitative estimate of drug-likeness (QED) is 0.685. The summed E-state index contributed by atoms with van der Waals surface area (Å²) in [5, 5.41) is 8.56. The van der Waals surface area contributed by atoms with Gasteiger partial charge in [-0.25, -0.2) is 4.79 Å². The molecule has 0 radical (unpaired) electrons. The average molecular weight is 390 g/mol. The predicted molar refractivity (Wildman–Crippen MR) is 98.5 cm³/mol. The first-order chi connectivity index (χ1) is 11.3. The first kappa shape index (κ1) is 26.4. The molecule has 0 atom stereocenters. The second-order valence-corrected chi connectivity index (χ2v) is 5.44. The van der Waals surface area contributed by atoms with E-state index in [4.69, 9.17) is 5.11 Å². The standard InChI is InChI=1S/C8H8F3NO.C8H9NO3.2CH4/c1-4-3-6(8(9,10)11)7(13)12-5(4)2;1-4-3-6(8(11)12)7(10)9-5(4)2;;/h3H,1-2H3,(H,12,13);3H,1-2H3,(H,9,10)(H,11,12);2*1H4. The largest absolute Gasteiger partial charge is 0.477 e. The Balaban J connectivity index is 0. The zero-order valence-electron chi connectivity index (χ0n) is 14.0. The van der Waals surface area contributed by atoms with Gasteiger partial charge in [-0.05, 0) is 51.0 Å². The Labute approximate surface area is 155 Å². The van der Waals surface area contributed by atoms with Crippen LogP contribution >= 0.6 is 0 Å². The molecule has 2 rings (SSSR count). The lowest BCUT2D eigenvalue weighted by molar-refractivity contribution is -0.138. The molecule has 0 aliphatic rings. The van der Waals surface area contributed by atoms with Crippen LogP contribution in [0.2, 0.25) is 0 Å². The van der Waals surface area contributed by atoms with Crippen molar-refractivity contribution in [2.24, 2.45) is 0 Å². The highest BCUT2D eigenvalue weighted by Crippen LogP contribution is 2.26. The van der Waals surface area contributed by atoms with E-state index in [9.17, 15) is 27.6 Å². The lowest BCUT2D eigenvalue weighted by Crippen LogP contribution is -2.22. The third kappa shape index (κ3) is 6.76. The number of carboxylic acid groups (broad SMARTS) is 1. The Morgan fingerprint density at radius 1 is 0.889 bits per heavy atom. The van der Waals surface area contributed by atoms with Gasteiger partial charge in [0.1, 0.15) is 11.1 Å². The number of hydrogen-bond acceptors (Lipinski definition) is 3. The topological polar surface area (TPSA) is 103 Å². The highest BCUT2D eigenvalue weighted by Gasteiger charge is 2.34. The van der Waals surface area contributed by atoms with Crippen LogP contribution in [-0.2, 0) is 6.18 Å². The lowest BCUT2D eigenvalue weighted by atomic mass is 10.1. The van der Waals surface area contributed by atoms with Gasteiger partial charge in [-0.2, -0.15) is 13.2 Å². The molecule has 0 saturated carbocycles. The number of aryl methyl sites for hydroxylation is 4. The Morgan fingerprint density at radius 3 is 1.70 bits per heavy atom. The SMILES string of the molecule is C.C.Cc1cc(C(=O)O)c(=O)[nH]c1C.Cc1cc(C(F)(F)F)c(=O)[nH]c1C. The molecule has 0 bridgehead atoms. The van der Waals surface area contributed by atoms with Gasteiger partial charge in [0, 0.05) is 11.4 Å². The minimum Gasteiger partial charge on any atom is -0.477 e. The summed E-state index contributed by atoms with van der Waals surface area (Å²) in [6.45, 7) is 6.54. The van der Waals surface area contributed by atoms with Gasteiger partial charge in [0.05, 0.1) is 0 Å². The predicted octanol–water partition coefficient (Wildman–Crippen LogP) is 3.97. The van der Waals surface area contributed by atoms with E-state index < -0.39 is 28.8 Å². The smallest absolute Gasteiger partial charge is 0.421 e. The number of aromatic nitrogens is 2. The first-order valence-electron chi connectivity index (χ1n) is 7.06. The summed E-state index contributed by atoms with van der Waals surface area (Å²) in [4.78, 5) is 36.9. The fourth-order valence-corrected chi connectivity index (χ4v) is 1.82. The molecule has 0 fully saturated rings. The van der Waals surface area contributed by atoms with Gasteiger partial charge < -0.3 is 15.1 Å². The molecular formula is C18H25F3N2O4. The van der Waals surface area contributed by atoms with Crippen LogP contribution < -0.4 is 11.1 Å². The van der Waals surface area contributed by atoms with E-state index in [1.165, 1.54) is 13.0 Å². The highest BCUT2D eigenvalue weighted by molar-refractivity contribution is 5.87. The number of halogens is 3. The molecule has 27 heavy (non-hydrogen) atoms. The summed E-state index contributed by atoms with van der Waals surface area (Å²) in [6, 6.07) is 2.23. The molecule has 0 unspecified atom stereocenters. The third-order valence-electron chi connectivity index (χ3n) is 3.53. The van der Waals surface area contributed by atoms with Crippen molar-refractivity contribution in [2.45, 2.75) is 48.7 Å². The maximum atomic E-state index is 12.1. The van der Waals surface area contributed by atoms with Gasteiger partial charge in [0.25, 0.3) is 11.1 Å². The zero-order chi connectivity index (χ0) is 19.5. The fraction of sp³-hybridized carbons (Fsp3) is 0.389. The van der Waals surface area contributed by atoms with Crippen molar-refractivity contribution in [3.05, 3.63) is 66.5 Å². The van der Waals surface area contributed by atoms with E-state index in [1.54, 1.807) is 20.8 Å². The maximum absolute atomic E-state index is 12.1. The number of rotatable bonds is 1. The Kier molecular flexibility index (Phi) is 9.53. The number of nitrogens with one attached hydrogen (secondary N) is 2. The van der Waals surface area contributed by atoms with Gasteiger partial charge in [0.2, 0.25) is 0 Å². The van der Waals surface area contributed by atoms with Crippen LogP contribution in [0.25, 0.3) is 0 Å². The molecule has 6 nitrogen and oxygen atoms in total. The van der Waals surface area contributed by atoms with Crippen LogP contribution in [0.1, 0.15) is 53.3 Å². The molecule has 2 aromatic rings. The molecule has 152 valence electrons. The summed E-state index contributed by atoms with van der Waals surface area (Å²) in [6.07, 6.45) is -4.58. The van der Waals surface area contributed by atoms with Crippen molar-refractivity contribution in [3.63, 3.8) is 0 Å². The van der Waals surface area contributed by atoms with Crippen LogP contribution in [0.15, 0.2) is 21.7 Å². The molecule has 0 aliphatic heterocycles. The van der Waals surface area contributed by atoms with Gasteiger partial charge in [-0.3, -0.25) is 9.59 Å². The Morgan fingerprint density at radius 2 is 1.30 bits per heavy atom. The minimum atomic E-state index is -4.58. The van der Waals surface area contributed by atoms with Crippen molar-refractivity contribution >= 4 is 5.97 Å². The molecule has 2 heterocycles. The van der Waals surface area contributed by atoms with Gasteiger partial charge in [0.15, 0.2) is 0 Å². The molecule has 2 aromatic heterocycles. The van der Waals surface area contributed by atoms with Crippen molar-refractivity contribution in [3.8, 4) is 0 Å². The Hall–Kier alpha value is -2.84. The molecule has 9 heteroatoms. The maximum Gasteiger partial charge on any atom is 0.421 e. The second kappa shape index (κ2) is 9.75. The third-order valence-corrected chi connectivity index (χ3v) is 3.53. The molecule has 0 saturated heterocycles.